The molecule has 0 radical (unpaired) electrons. The van der Waals surface area contributed by atoms with Crippen molar-refractivity contribution in [3.05, 3.63) is 41.3 Å². The molecule has 0 saturated heterocycles. The van der Waals surface area contributed by atoms with Crippen LogP contribution in [0.5, 0.6) is 0 Å². The number of rotatable bonds is 2. The molecule has 2 aromatic rings. The first-order valence-corrected chi connectivity index (χ1v) is 4.77. The van der Waals surface area contributed by atoms with E-state index in [1.54, 1.807) is 12.3 Å². The van der Waals surface area contributed by atoms with Crippen molar-refractivity contribution in [3.63, 3.8) is 0 Å². The van der Waals surface area contributed by atoms with Crippen molar-refractivity contribution in [2.75, 3.05) is 0 Å². The van der Waals surface area contributed by atoms with Gasteiger partial charge in [-0.1, -0.05) is 6.07 Å². The van der Waals surface area contributed by atoms with Crippen molar-refractivity contribution < 1.29 is 14.3 Å². The second kappa shape index (κ2) is 3.81. The Bertz CT molecular complexity index is 584. The van der Waals surface area contributed by atoms with Crippen LogP contribution in [0.4, 0.5) is 4.39 Å². The van der Waals surface area contributed by atoms with E-state index in [0.717, 1.165) is 17.0 Å². The monoisotopic (exact) mass is 219 g/mol. The van der Waals surface area contributed by atoms with E-state index in [4.69, 9.17) is 5.11 Å². The molecule has 0 aliphatic carbocycles. The Balaban J connectivity index is 2.66. The number of hydrogen-bond acceptors (Lipinski definition) is 1. The number of aromatic amines is 1. The number of carboxylic acids is 1. The van der Waals surface area contributed by atoms with Gasteiger partial charge in [-0.3, -0.25) is 0 Å². The molecule has 82 valence electrons. The molecule has 3 nitrogen and oxygen atoms in total. The van der Waals surface area contributed by atoms with Crippen LogP contribution in [0.15, 0.2) is 24.4 Å². The second-order valence-corrected chi connectivity index (χ2v) is 3.53. The van der Waals surface area contributed by atoms with Crippen LogP contribution in [0, 0.1) is 12.7 Å². The smallest absolute Gasteiger partial charge is 0.328 e. The van der Waals surface area contributed by atoms with Crippen molar-refractivity contribution in [2.45, 2.75) is 6.92 Å². The SMILES string of the molecule is Cc1c[nH]c2c(F)ccc(/C=C/C(=O)O)c12. The maximum Gasteiger partial charge on any atom is 0.328 e. The Hall–Kier alpha value is -2.10. The van der Waals surface area contributed by atoms with E-state index >= 15 is 0 Å². The summed E-state index contributed by atoms with van der Waals surface area (Å²) in [5, 5.41) is 9.27. The molecule has 1 heterocycles. The molecule has 2 rings (SSSR count). The first-order chi connectivity index (χ1) is 7.59. The predicted molar refractivity (Wildman–Crippen MR) is 59.7 cm³/mol. The lowest BCUT2D eigenvalue weighted by Gasteiger charge is -1.99. The highest BCUT2D eigenvalue weighted by Crippen LogP contribution is 2.25. The number of hydrogen-bond donors (Lipinski definition) is 2. The molecule has 0 aliphatic rings. The molecule has 0 bridgehead atoms. The van der Waals surface area contributed by atoms with E-state index in [2.05, 4.69) is 4.98 Å². The van der Waals surface area contributed by atoms with Crippen molar-refractivity contribution in [1.82, 2.24) is 4.98 Å². The van der Waals surface area contributed by atoms with Crippen LogP contribution in [0.3, 0.4) is 0 Å². The molecule has 0 amide bonds. The van der Waals surface area contributed by atoms with E-state index in [-0.39, 0.29) is 5.82 Å². The summed E-state index contributed by atoms with van der Waals surface area (Å²) in [4.78, 5) is 13.3. The summed E-state index contributed by atoms with van der Waals surface area (Å²) in [6.45, 7) is 1.84. The summed E-state index contributed by atoms with van der Waals surface area (Å²) in [6, 6.07) is 2.89. The van der Waals surface area contributed by atoms with Crippen LogP contribution < -0.4 is 0 Å². The topological polar surface area (TPSA) is 53.1 Å². The number of nitrogens with one attached hydrogen (secondary N) is 1. The minimum absolute atomic E-state index is 0.337. The second-order valence-electron chi connectivity index (χ2n) is 3.53. The van der Waals surface area contributed by atoms with Crippen molar-refractivity contribution in [1.29, 1.82) is 0 Å². The maximum absolute atomic E-state index is 13.4. The average Bonchev–Trinajstić information content (AvgIpc) is 2.61. The van der Waals surface area contributed by atoms with Crippen LogP contribution >= 0.6 is 0 Å². The molecule has 1 aromatic carbocycles. The third-order valence-electron chi connectivity index (χ3n) is 2.42. The molecule has 0 spiro atoms. The zero-order valence-corrected chi connectivity index (χ0v) is 8.62. The fourth-order valence-electron chi connectivity index (χ4n) is 1.71. The van der Waals surface area contributed by atoms with Gasteiger partial charge in [0, 0.05) is 17.7 Å². The number of halogens is 1. The highest BCUT2D eigenvalue weighted by Gasteiger charge is 2.08. The molecule has 16 heavy (non-hydrogen) atoms. The Labute approximate surface area is 91.2 Å². The number of aliphatic carboxylic acids is 1. The zero-order valence-electron chi connectivity index (χ0n) is 8.62. The van der Waals surface area contributed by atoms with Crippen LogP contribution in [0.25, 0.3) is 17.0 Å². The summed E-state index contributed by atoms with van der Waals surface area (Å²) >= 11 is 0. The van der Waals surface area contributed by atoms with E-state index in [9.17, 15) is 9.18 Å². The number of fused-ring (bicyclic) bond motifs is 1. The molecule has 1 aromatic heterocycles. The van der Waals surface area contributed by atoms with Gasteiger partial charge in [0.1, 0.15) is 5.82 Å². The van der Waals surface area contributed by atoms with Crippen LogP contribution in [-0.2, 0) is 4.79 Å². The standard InChI is InChI=1S/C12H10FNO2/c1-7-6-14-12-9(13)4-2-8(11(7)12)3-5-10(15)16/h2-6,14H,1H3,(H,15,16)/b5-3+. The van der Waals surface area contributed by atoms with Crippen molar-refractivity contribution in [3.8, 4) is 0 Å². The van der Waals surface area contributed by atoms with Gasteiger partial charge in [-0.25, -0.2) is 9.18 Å². The Kier molecular flexibility index (Phi) is 2.48. The molecule has 0 fully saturated rings. The van der Waals surface area contributed by atoms with Gasteiger partial charge >= 0.3 is 5.97 Å². The van der Waals surface area contributed by atoms with E-state index in [0.29, 0.717) is 11.1 Å². The predicted octanol–water partition coefficient (Wildman–Crippen LogP) is 2.71. The van der Waals surface area contributed by atoms with Gasteiger partial charge < -0.3 is 10.1 Å². The summed E-state index contributed by atoms with van der Waals surface area (Å²) in [7, 11) is 0. The van der Waals surface area contributed by atoms with Crippen LogP contribution in [0.2, 0.25) is 0 Å². The Morgan fingerprint density at radius 1 is 1.50 bits per heavy atom. The fraction of sp³-hybridized carbons (Fsp3) is 0.0833. The summed E-state index contributed by atoms with van der Waals surface area (Å²) < 4.78 is 13.4. The van der Waals surface area contributed by atoms with Gasteiger partial charge in [-0.15, -0.1) is 0 Å². The number of carboxylic acid groups (broad SMARTS) is 1. The first-order valence-electron chi connectivity index (χ1n) is 4.77. The van der Waals surface area contributed by atoms with Gasteiger partial charge in [0.25, 0.3) is 0 Å². The molecular formula is C12H10FNO2. The molecule has 0 unspecified atom stereocenters. The number of benzene rings is 1. The normalized spacial score (nSPS) is 11.4. The number of aryl methyl sites for hydroxylation is 1. The van der Waals surface area contributed by atoms with E-state index in [1.807, 2.05) is 6.92 Å². The first kappa shape index (κ1) is 10.4. The highest BCUT2D eigenvalue weighted by atomic mass is 19.1. The Morgan fingerprint density at radius 3 is 2.94 bits per heavy atom. The van der Waals surface area contributed by atoms with Crippen molar-refractivity contribution >= 4 is 22.9 Å². The minimum Gasteiger partial charge on any atom is -0.478 e. The van der Waals surface area contributed by atoms with Crippen molar-refractivity contribution in [2.24, 2.45) is 0 Å². The molecule has 4 heteroatoms. The van der Waals surface area contributed by atoms with E-state index in [1.165, 1.54) is 12.1 Å². The lowest BCUT2D eigenvalue weighted by Crippen LogP contribution is -1.87. The number of carbonyl (C=O) groups is 1. The van der Waals surface area contributed by atoms with Crippen LogP contribution in [0.1, 0.15) is 11.1 Å². The zero-order chi connectivity index (χ0) is 11.7. The molecule has 0 saturated carbocycles. The van der Waals surface area contributed by atoms with Gasteiger partial charge in [0.05, 0.1) is 5.52 Å². The lowest BCUT2D eigenvalue weighted by molar-refractivity contribution is -0.131. The fourth-order valence-corrected chi connectivity index (χ4v) is 1.71. The maximum atomic E-state index is 13.4. The van der Waals surface area contributed by atoms with E-state index < -0.39 is 5.97 Å². The minimum atomic E-state index is -1.02. The summed E-state index contributed by atoms with van der Waals surface area (Å²) in [6.07, 6.45) is 4.20. The van der Waals surface area contributed by atoms with Gasteiger partial charge in [-0.2, -0.15) is 0 Å². The van der Waals surface area contributed by atoms with Gasteiger partial charge in [0.2, 0.25) is 0 Å². The van der Waals surface area contributed by atoms with Gasteiger partial charge in [-0.05, 0) is 30.2 Å². The molecule has 0 atom stereocenters. The lowest BCUT2D eigenvalue weighted by atomic mass is 10.1. The molecule has 0 aliphatic heterocycles. The quantitative estimate of drug-likeness (QED) is 0.763. The molecule has 2 N–H and O–H groups in total. The largest absolute Gasteiger partial charge is 0.478 e. The summed E-state index contributed by atoms with van der Waals surface area (Å²) in [5.74, 6) is -1.36. The van der Waals surface area contributed by atoms with Gasteiger partial charge in [0.15, 0.2) is 0 Å². The number of aromatic nitrogens is 1. The third kappa shape index (κ3) is 1.69. The molecular weight excluding hydrogens is 209 g/mol. The third-order valence-corrected chi connectivity index (χ3v) is 2.42. The summed E-state index contributed by atoms with van der Waals surface area (Å²) in [5.41, 5.74) is 1.99. The Morgan fingerprint density at radius 2 is 2.25 bits per heavy atom. The highest BCUT2D eigenvalue weighted by molar-refractivity contribution is 5.95. The van der Waals surface area contributed by atoms with Crippen LogP contribution in [-0.4, -0.2) is 16.1 Å². The number of H-pyrrole nitrogens is 1. The average molecular weight is 219 g/mol.